The summed E-state index contributed by atoms with van der Waals surface area (Å²) in [5.41, 5.74) is 0.771. The number of nitrogens with zero attached hydrogens (tertiary/aromatic N) is 1. The third-order valence-corrected chi connectivity index (χ3v) is 1.93. The molecule has 0 N–H and O–H groups in total. The Kier molecular flexibility index (Phi) is 1.85. The highest BCUT2D eigenvalue weighted by molar-refractivity contribution is 5.80. The topological polar surface area (TPSA) is 61.4 Å². The van der Waals surface area contributed by atoms with E-state index in [1.54, 1.807) is 18.2 Å². The third-order valence-electron chi connectivity index (χ3n) is 1.93. The van der Waals surface area contributed by atoms with E-state index in [2.05, 4.69) is 0 Å². The van der Waals surface area contributed by atoms with E-state index < -0.39 is 5.76 Å². The number of aromatic nitrogens is 1. The van der Waals surface area contributed by atoms with Gasteiger partial charge in [-0.1, -0.05) is 0 Å². The highest BCUT2D eigenvalue weighted by Crippen LogP contribution is 2.18. The number of methoxy groups -OCH3 is 1. The fraction of sp³-hybridized carbons (Fsp3) is 0.111. The van der Waals surface area contributed by atoms with Crippen LogP contribution in [-0.4, -0.2) is 18.1 Å². The van der Waals surface area contributed by atoms with Crippen LogP contribution < -0.4 is 10.5 Å². The van der Waals surface area contributed by atoms with Crippen molar-refractivity contribution in [1.82, 2.24) is 4.57 Å². The smallest absolute Gasteiger partial charge is 0.426 e. The molecule has 72 valence electrons. The van der Waals surface area contributed by atoms with Crippen LogP contribution in [0, 0.1) is 0 Å². The molecular formula is C9H7NO4. The van der Waals surface area contributed by atoms with Crippen molar-refractivity contribution >= 4 is 17.5 Å². The van der Waals surface area contributed by atoms with Gasteiger partial charge in [0, 0.05) is 6.07 Å². The van der Waals surface area contributed by atoms with Crippen LogP contribution in [0.3, 0.4) is 0 Å². The molecule has 1 heterocycles. The molecule has 1 aromatic carbocycles. The Bertz CT molecular complexity index is 537. The third kappa shape index (κ3) is 1.10. The molecule has 0 saturated heterocycles. The predicted molar refractivity (Wildman–Crippen MR) is 49.2 cm³/mol. The van der Waals surface area contributed by atoms with E-state index in [0.717, 1.165) is 4.57 Å². The standard InChI is InChI=1S/C9H7NO4/c1-13-6-2-3-7-8(4-6)14-9(12)10(7)5-11/h2-5H,1H3. The summed E-state index contributed by atoms with van der Waals surface area (Å²) in [6.45, 7) is 0. The number of rotatable bonds is 2. The predicted octanol–water partition coefficient (Wildman–Crippen LogP) is 0.641. The van der Waals surface area contributed by atoms with E-state index in [0.29, 0.717) is 23.3 Å². The Balaban J connectivity index is 2.81. The molecule has 0 saturated carbocycles. The minimum atomic E-state index is -0.691. The maximum absolute atomic E-state index is 11.1. The number of oxazole rings is 1. The molecule has 2 aromatic rings. The van der Waals surface area contributed by atoms with Crippen molar-refractivity contribution in [3.8, 4) is 5.75 Å². The summed E-state index contributed by atoms with van der Waals surface area (Å²) in [5, 5.41) is 0. The summed E-state index contributed by atoms with van der Waals surface area (Å²) >= 11 is 0. The first kappa shape index (κ1) is 8.55. The second-order valence-electron chi connectivity index (χ2n) is 2.68. The summed E-state index contributed by atoms with van der Waals surface area (Å²) in [5.74, 6) is -0.118. The van der Waals surface area contributed by atoms with Gasteiger partial charge in [-0.2, -0.15) is 0 Å². The van der Waals surface area contributed by atoms with E-state index in [1.807, 2.05) is 0 Å². The van der Waals surface area contributed by atoms with Crippen molar-refractivity contribution in [1.29, 1.82) is 0 Å². The Labute approximate surface area is 78.5 Å². The monoisotopic (exact) mass is 193 g/mol. The van der Waals surface area contributed by atoms with E-state index in [4.69, 9.17) is 9.15 Å². The van der Waals surface area contributed by atoms with Crippen LogP contribution in [0.15, 0.2) is 27.4 Å². The summed E-state index contributed by atoms with van der Waals surface area (Å²) < 4.78 is 10.7. The van der Waals surface area contributed by atoms with Gasteiger partial charge in [0.1, 0.15) is 5.75 Å². The molecular weight excluding hydrogens is 186 g/mol. The quantitative estimate of drug-likeness (QED) is 0.656. The van der Waals surface area contributed by atoms with Gasteiger partial charge < -0.3 is 9.15 Å². The van der Waals surface area contributed by atoms with Crippen molar-refractivity contribution in [2.75, 3.05) is 7.11 Å². The molecule has 0 fully saturated rings. The van der Waals surface area contributed by atoms with Gasteiger partial charge in [0.25, 0.3) is 0 Å². The van der Waals surface area contributed by atoms with Crippen LogP contribution in [0.5, 0.6) is 5.75 Å². The molecule has 14 heavy (non-hydrogen) atoms. The SMILES string of the molecule is COc1ccc2c(c1)oc(=O)n2C=O. The lowest BCUT2D eigenvalue weighted by molar-refractivity contribution is 0.414. The number of ether oxygens (including phenoxy) is 1. The first-order valence-electron chi connectivity index (χ1n) is 3.90. The van der Waals surface area contributed by atoms with Crippen LogP contribution in [0.2, 0.25) is 0 Å². The molecule has 0 atom stereocenters. The Morgan fingerprint density at radius 3 is 2.93 bits per heavy atom. The zero-order chi connectivity index (χ0) is 10.1. The lowest BCUT2D eigenvalue weighted by Crippen LogP contribution is -2.12. The van der Waals surface area contributed by atoms with E-state index in [-0.39, 0.29) is 0 Å². The van der Waals surface area contributed by atoms with Gasteiger partial charge in [-0.25, -0.2) is 9.36 Å². The molecule has 0 radical (unpaired) electrons. The van der Waals surface area contributed by atoms with Crippen LogP contribution in [0.1, 0.15) is 0 Å². The van der Waals surface area contributed by atoms with Gasteiger partial charge in [0.05, 0.1) is 12.6 Å². The van der Waals surface area contributed by atoms with Crippen LogP contribution in [-0.2, 0) is 4.79 Å². The van der Waals surface area contributed by atoms with Crippen LogP contribution in [0.25, 0.3) is 11.1 Å². The van der Waals surface area contributed by atoms with Gasteiger partial charge in [0.15, 0.2) is 5.58 Å². The molecule has 0 spiro atoms. The fourth-order valence-corrected chi connectivity index (χ4v) is 1.24. The van der Waals surface area contributed by atoms with Gasteiger partial charge in [-0.05, 0) is 12.1 Å². The summed E-state index contributed by atoms with van der Waals surface area (Å²) in [6, 6.07) is 4.79. The lowest BCUT2D eigenvalue weighted by atomic mass is 10.3. The van der Waals surface area contributed by atoms with Crippen molar-refractivity contribution in [3.63, 3.8) is 0 Å². The van der Waals surface area contributed by atoms with Crippen LogP contribution in [0.4, 0.5) is 0 Å². The number of carbonyl (C=O) groups excluding carboxylic acids is 1. The molecule has 0 aliphatic rings. The van der Waals surface area contributed by atoms with Crippen molar-refractivity contribution in [3.05, 3.63) is 28.7 Å². The van der Waals surface area contributed by atoms with Crippen molar-refractivity contribution in [2.24, 2.45) is 0 Å². The molecule has 5 heteroatoms. The van der Waals surface area contributed by atoms with Gasteiger partial charge >= 0.3 is 5.76 Å². The number of hydrogen-bond donors (Lipinski definition) is 0. The number of carbonyl (C=O) groups is 1. The van der Waals surface area contributed by atoms with Gasteiger partial charge in [-0.3, -0.25) is 4.79 Å². The average molecular weight is 193 g/mol. The Morgan fingerprint density at radius 2 is 2.29 bits per heavy atom. The first-order valence-corrected chi connectivity index (χ1v) is 3.90. The zero-order valence-corrected chi connectivity index (χ0v) is 7.39. The summed E-state index contributed by atoms with van der Waals surface area (Å²) in [7, 11) is 1.51. The zero-order valence-electron chi connectivity index (χ0n) is 7.39. The Morgan fingerprint density at radius 1 is 1.50 bits per heavy atom. The van der Waals surface area contributed by atoms with Crippen LogP contribution >= 0.6 is 0 Å². The minimum absolute atomic E-state index is 0.335. The number of hydrogen-bond acceptors (Lipinski definition) is 4. The molecule has 0 aliphatic carbocycles. The average Bonchev–Trinajstić information content (AvgIpc) is 2.51. The first-order chi connectivity index (χ1) is 6.76. The summed E-state index contributed by atoms with van der Waals surface area (Å²) in [6.07, 6.45) is 0.417. The second-order valence-corrected chi connectivity index (χ2v) is 2.68. The maximum atomic E-state index is 11.1. The van der Waals surface area contributed by atoms with E-state index >= 15 is 0 Å². The molecule has 1 aromatic heterocycles. The fourth-order valence-electron chi connectivity index (χ4n) is 1.24. The lowest BCUT2D eigenvalue weighted by Gasteiger charge is -1.97. The van der Waals surface area contributed by atoms with Crippen molar-refractivity contribution < 1.29 is 13.9 Å². The molecule has 5 nitrogen and oxygen atoms in total. The molecule has 0 bridgehead atoms. The van der Waals surface area contributed by atoms with Crippen molar-refractivity contribution in [2.45, 2.75) is 0 Å². The largest absolute Gasteiger partial charge is 0.497 e. The number of fused-ring (bicyclic) bond motifs is 1. The van der Waals surface area contributed by atoms with Gasteiger partial charge in [-0.15, -0.1) is 0 Å². The highest BCUT2D eigenvalue weighted by Gasteiger charge is 2.08. The van der Waals surface area contributed by atoms with E-state index in [1.165, 1.54) is 7.11 Å². The highest BCUT2D eigenvalue weighted by atomic mass is 16.5. The molecule has 0 amide bonds. The minimum Gasteiger partial charge on any atom is -0.497 e. The normalized spacial score (nSPS) is 10.4. The number of benzene rings is 1. The van der Waals surface area contributed by atoms with Gasteiger partial charge in [0.2, 0.25) is 6.41 Å². The summed E-state index contributed by atoms with van der Waals surface area (Å²) in [4.78, 5) is 21.6. The molecule has 0 unspecified atom stereocenters. The maximum Gasteiger partial charge on any atom is 0.426 e. The van der Waals surface area contributed by atoms with E-state index in [9.17, 15) is 9.59 Å². The second kappa shape index (κ2) is 3.02. The Hall–Kier alpha value is -2.04. The molecule has 0 aliphatic heterocycles. The molecule has 2 rings (SSSR count).